The van der Waals surface area contributed by atoms with Crippen LogP contribution in [-0.2, 0) is 11.2 Å². The normalized spacial score (nSPS) is 17.6. The van der Waals surface area contributed by atoms with Crippen molar-refractivity contribution in [2.24, 2.45) is 11.8 Å². The van der Waals surface area contributed by atoms with Gasteiger partial charge in [0.05, 0.1) is 31.5 Å². The molecule has 1 aliphatic heterocycles. The van der Waals surface area contributed by atoms with Gasteiger partial charge in [-0.1, -0.05) is 32.1 Å². The van der Waals surface area contributed by atoms with Gasteiger partial charge in [0, 0.05) is 20.1 Å². The van der Waals surface area contributed by atoms with E-state index in [1.54, 1.807) is 14.2 Å². The van der Waals surface area contributed by atoms with Gasteiger partial charge in [-0.25, -0.2) is 10.8 Å². The highest BCUT2D eigenvalue weighted by Gasteiger charge is 2.23. The summed E-state index contributed by atoms with van der Waals surface area (Å²) in [5.41, 5.74) is 1.13. The van der Waals surface area contributed by atoms with E-state index < -0.39 is 0 Å². The van der Waals surface area contributed by atoms with Crippen molar-refractivity contribution in [3.63, 3.8) is 0 Å². The molecule has 3 N–H and O–H groups in total. The summed E-state index contributed by atoms with van der Waals surface area (Å²) in [5.74, 6) is 8.72. The molecule has 31 heavy (non-hydrogen) atoms. The van der Waals surface area contributed by atoms with Gasteiger partial charge in [-0.2, -0.15) is 4.98 Å². The van der Waals surface area contributed by atoms with Gasteiger partial charge < -0.3 is 19.4 Å². The smallest absolute Gasteiger partial charge is 0.256 e. The van der Waals surface area contributed by atoms with E-state index in [4.69, 9.17) is 20.3 Å². The third-order valence-corrected chi connectivity index (χ3v) is 6.17. The molecule has 0 amide bonds. The van der Waals surface area contributed by atoms with Crippen LogP contribution in [0.3, 0.4) is 0 Å². The summed E-state index contributed by atoms with van der Waals surface area (Å²) in [5, 5.41) is 1.43. The number of pyridine rings is 1. The van der Waals surface area contributed by atoms with Gasteiger partial charge in [-0.3, -0.25) is 9.80 Å². The van der Waals surface area contributed by atoms with Crippen molar-refractivity contribution >= 4 is 11.6 Å². The maximum atomic E-state index is 13.1. The number of rotatable bonds is 6. The number of hydrogen-bond donors (Lipinski definition) is 2. The van der Waals surface area contributed by atoms with Gasteiger partial charge in [0.15, 0.2) is 5.82 Å². The molecule has 9 nitrogen and oxygen atoms in total. The predicted octanol–water partition coefficient (Wildman–Crippen LogP) is 2.11. The zero-order chi connectivity index (χ0) is 21.8. The average Bonchev–Trinajstić information content (AvgIpc) is 2.81. The minimum absolute atomic E-state index is 0.151. The van der Waals surface area contributed by atoms with E-state index in [0.29, 0.717) is 54.2 Å². The second-order valence-electron chi connectivity index (χ2n) is 8.36. The molecule has 4 rings (SSSR count). The van der Waals surface area contributed by atoms with Crippen molar-refractivity contribution in [1.82, 2.24) is 15.0 Å². The molecule has 0 atom stereocenters. The Morgan fingerprint density at radius 3 is 2.65 bits per heavy atom. The van der Waals surface area contributed by atoms with Crippen molar-refractivity contribution in [2.45, 2.75) is 38.5 Å². The average molecular weight is 429 g/mol. The Balaban J connectivity index is 1.68. The monoisotopic (exact) mass is 428 g/mol. The van der Waals surface area contributed by atoms with Crippen LogP contribution in [0.15, 0.2) is 16.9 Å². The predicted molar refractivity (Wildman–Crippen MR) is 121 cm³/mol. The van der Waals surface area contributed by atoms with E-state index in [1.807, 2.05) is 12.1 Å². The zero-order valence-electron chi connectivity index (χ0n) is 18.4. The third-order valence-electron chi connectivity index (χ3n) is 6.17. The number of nitrogens with zero attached hydrogens (tertiary/aromatic N) is 4. The van der Waals surface area contributed by atoms with E-state index in [0.717, 1.165) is 31.7 Å². The molecule has 0 spiro atoms. The lowest BCUT2D eigenvalue weighted by atomic mass is 9.85. The van der Waals surface area contributed by atoms with Crippen molar-refractivity contribution in [3.05, 3.63) is 28.0 Å². The van der Waals surface area contributed by atoms with Crippen molar-refractivity contribution in [2.75, 3.05) is 50.4 Å². The van der Waals surface area contributed by atoms with Crippen LogP contribution in [0.4, 0.5) is 11.6 Å². The molecule has 2 aromatic heterocycles. The molecule has 3 heterocycles. The molecule has 168 valence electrons. The summed E-state index contributed by atoms with van der Waals surface area (Å²) in [7, 11) is 3.29. The molecule has 2 fully saturated rings. The number of nitrogens with one attached hydrogen (secondary N) is 1. The van der Waals surface area contributed by atoms with Crippen LogP contribution in [-0.4, -0.2) is 55.4 Å². The van der Waals surface area contributed by atoms with E-state index in [2.05, 4.69) is 14.9 Å². The van der Waals surface area contributed by atoms with Gasteiger partial charge in [-0.15, -0.1) is 0 Å². The number of morpholine rings is 1. The summed E-state index contributed by atoms with van der Waals surface area (Å²) < 4.78 is 11.0. The fourth-order valence-electron chi connectivity index (χ4n) is 4.50. The number of methoxy groups -OCH3 is 1. The van der Waals surface area contributed by atoms with Crippen LogP contribution in [0, 0.1) is 5.92 Å². The molecule has 9 heteroatoms. The molecular formula is C22H32N6O3. The summed E-state index contributed by atoms with van der Waals surface area (Å²) in [6, 6.07) is 3.81. The minimum Gasteiger partial charge on any atom is -0.480 e. The molecule has 0 aromatic carbocycles. The fraction of sp³-hybridized carbons (Fsp3) is 0.591. The lowest BCUT2D eigenvalue weighted by Crippen LogP contribution is -2.36. The number of hydrogen-bond acceptors (Lipinski definition) is 8. The maximum absolute atomic E-state index is 13.1. The van der Waals surface area contributed by atoms with Gasteiger partial charge in [-0.05, 0) is 24.5 Å². The third kappa shape index (κ3) is 4.83. The Bertz CT molecular complexity index is 949. The van der Waals surface area contributed by atoms with Crippen LogP contribution >= 0.6 is 0 Å². The van der Waals surface area contributed by atoms with Crippen LogP contribution in [0.25, 0.3) is 11.4 Å². The first kappa shape index (κ1) is 21.6. The highest BCUT2D eigenvalue weighted by Crippen LogP contribution is 2.31. The number of H-pyrrole nitrogens is 1. The Morgan fingerprint density at radius 2 is 1.97 bits per heavy atom. The summed E-state index contributed by atoms with van der Waals surface area (Å²) in [6.45, 7) is 2.91. The molecule has 1 aliphatic carbocycles. The number of hydrazine groups is 1. The molecule has 1 saturated carbocycles. The van der Waals surface area contributed by atoms with E-state index in [-0.39, 0.29) is 5.56 Å². The summed E-state index contributed by atoms with van der Waals surface area (Å²) in [6.07, 6.45) is 6.72. The lowest BCUT2D eigenvalue weighted by Gasteiger charge is -2.28. The number of anilines is 2. The number of aromatic amines is 1. The van der Waals surface area contributed by atoms with Crippen molar-refractivity contribution in [3.8, 4) is 17.3 Å². The first-order valence-electron chi connectivity index (χ1n) is 11.1. The molecular weight excluding hydrogens is 396 g/mol. The zero-order valence-corrected chi connectivity index (χ0v) is 18.4. The highest BCUT2D eigenvalue weighted by molar-refractivity contribution is 5.66. The van der Waals surface area contributed by atoms with Gasteiger partial charge in [0.2, 0.25) is 5.88 Å². The molecule has 0 bridgehead atoms. The lowest BCUT2D eigenvalue weighted by molar-refractivity contribution is 0.122. The number of aromatic nitrogens is 3. The minimum atomic E-state index is -0.151. The molecule has 0 radical (unpaired) electrons. The summed E-state index contributed by atoms with van der Waals surface area (Å²) in [4.78, 5) is 27.5. The second kappa shape index (κ2) is 9.65. The van der Waals surface area contributed by atoms with Crippen LogP contribution in [0.1, 0.15) is 37.7 Å². The fourth-order valence-corrected chi connectivity index (χ4v) is 4.50. The van der Waals surface area contributed by atoms with Crippen molar-refractivity contribution < 1.29 is 9.47 Å². The van der Waals surface area contributed by atoms with Crippen molar-refractivity contribution in [1.29, 1.82) is 0 Å². The van der Waals surface area contributed by atoms with Gasteiger partial charge in [0.25, 0.3) is 5.56 Å². The largest absolute Gasteiger partial charge is 0.480 e. The Labute approximate surface area is 182 Å². The van der Waals surface area contributed by atoms with Crippen LogP contribution in [0.5, 0.6) is 5.88 Å². The first-order chi connectivity index (χ1) is 15.1. The van der Waals surface area contributed by atoms with Gasteiger partial charge >= 0.3 is 0 Å². The summed E-state index contributed by atoms with van der Waals surface area (Å²) >= 11 is 0. The Hall–Kier alpha value is -2.65. The topological polar surface area (TPSA) is 110 Å². The van der Waals surface area contributed by atoms with E-state index in [1.165, 1.54) is 24.3 Å². The molecule has 1 saturated heterocycles. The second-order valence-corrected chi connectivity index (χ2v) is 8.36. The SMILES string of the molecule is COc1nc(N2CCOCC2)ccc1-c1nc(N(C)N)c(CC2CCCCC2)c(=O)[nH]1. The van der Waals surface area contributed by atoms with Crippen LogP contribution in [0.2, 0.25) is 0 Å². The Morgan fingerprint density at radius 1 is 1.23 bits per heavy atom. The van der Waals surface area contributed by atoms with E-state index in [9.17, 15) is 4.79 Å². The molecule has 0 unspecified atom stereocenters. The standard InChI is InChI=1S/C22H32N6O3/c1-27(23)20-17(14-15-6-4-3-5-7-15)21(29)26-19(25-20)16-8-9-18(24-22(16)30-2)28-10-12-31-13-11-28/h8-9,15H,3-7,10-14,23H2,1-2H3,(H,25,26,29). The molecule has 2 aliphatic rings. The maximum Gasteiger partial charge on any atom is 0.256 e. The van der Waals surface area contributed by atoms with Gasteiger partial charge in [0.1, 0.15) is 11.6 Å². The molecule has 2 aromatic rings. The Kier molecular flexibility index (Phi) is 6.72. The van der Waals surface area contributed by atoms with Crippen LogP contribution < -0.4 is 26.0 Å². The quantitative estimate of drug-likeness (QED) is 0.532. The number of nitrogens with two attached hydrogens (primary N) is 1. The first-order valence-corrected chi connectivity index (χ1v) is 11.1. The van der Waals surface area contributed by atoms with E-state index >= 15 is 0 Å². The highest BCUT2D eigenvalue weighted by atomic mass is 16.5. The number of ether oxygens (including phenoxy) is 2.